The Morgan fingerprint density at radius 2 is 2.07 bits per heavy atom. The van der Waals surface area contributed by atoms with E-state index in [9.17, 15) is 14.7 Å². The Balaban J connectivity index is 0.00000280. The highest BCUT2D eigenvalue weighted by Crippen LogP contribution is 2.25. The van der Waals surface area contributed by atoms with Crippen molar-refractivity contribution >= 4 is 40.7 Å². The monoisotopic (exact) mass is 424 g/mol. The number of amides is 2. The maximum Gasteiger partial charge on any atom is 0.243 e. The number of benzene rings is 1. The van der Waals surface area contributed by atoms with E-state index >= 15 is 0 Å². The van der Waals surface area contributed by atoms with E-state index in [1.807, 2.05) is 17.5 Å². The van der Waals surface area contributed by atoms with Gasteiger partial charge < -0.3 is 21.1 Å². The van der Waals surface area contributed by atoms with Gasteiger partial charge in [0, 0.05) is 31.0 Å². The first kappa shape index (κ1) is 22.3. The van der Waals surface area contributed by atoms with E-state index in [0.29, 0.717) is 24.6 Å². The van der Waals surface area contributed by atoms with Gasteiger partial charge in [0.25, 0.3) is 0 Å². The number of hydrogen-bond acceptors (Lipinski definition) is 6. The maximum atomic E-state index is 12.2. The molecule has 1 aliphatic heterocycles. The van der Waals surface area contributed by atoms with Crippen LogP contribution in [-0.2, 0) is 16.0 Å². The van der Waals surface area contributed by atoms with Crippen molar-refractivity contribution in [2.75, 3.05) is 18.4 Å². The molecule has 1 aromatic carbocycles. The second-order valence-electron chi connectivity index (χ2n) is 6.66. The van der Waals surface area contributed by atoms with Crippen molar-refractivity contribution in [3.63, 3.8) is 0 Å². The van der Waals surface area contributed by atoms with Crippen molar-refractivity contribution in [1.82, 2.24) is 15.6 Å². The molecule has 3 rings (SSSR count). The summed E-state index contributed by atoms with van der Waals surface area (Å²) in [4.78, 5) is 27.5. The van der Waals surface area contributed by atoms with Gasteiger partial charge in [0.2, 0.25) is 11.8 Å². The number of anilines is 1. The lowest BCUT2D eigenvalue weighted by atomic mass is 10.1. The number of rotatable bonds is 7. The third-order valence-electron chi connectivity index (χ3n) is 4.42. The van der Waals surface area contributed by atoms with Crippen LogP contribution < -0.4 is 16.0 Å². The van der Waals surface area contributed by atoms with Gasteiger partial charge in [0.05, 0.1) is 17.8 Å². The summed E-state index contributed by atoms with van der Waals surface area (Å²) in [5.41, 5.74) is 3.02. The molecule has 0 spiro atoms. The van der Waals surface area contributed by atoms with E-state index in [-0.39, 0.29) is 30.3 Å². The van der Waals surface area contributed by atoms with Crippen LogP contribution in [0.1, 0.15) is 25.3 Å². The Bertz CT molecular complexity index is 797. The zero-order chi connectivity index (χ0) is 19.2. The first-order chi connectivity index (χ1) is 13.0. The van der Waals surface area contributed by atoms with E-state index < -0.39 is 6.10 Å². The number of hydrogen-bond donors (Lipinski definition) is 4. The Morgan fingerprint density at radius 1 is 1.32 bits per heavy atom. The molecular formula is C19H25ClN4O3S. The van der Waals surface area contributed by atoms with E-state index in [0.717, 1.165) is 24.1 Å². The number of thiazole rings is 1. The molecule has 1 aliphatic rings. The number of aryl methyl sites for hydroxylation is 1. The van der Waals surface area contributed by atoms with Crippen LogP contribution in [0.15, 0.2) is 29.6 Å². The standard InChI is InChI=1S/C19H24N4O3S.ClH/c1-12(24)20-8-2-3-13-4-6-14(7-5-13)17-11-27-19(22-17)23-18(26)16-9-15(25)10-21-16;/h4-7,11,15-16,21,25H,2-3,8-10H2,1H3,(H,20,24)(H,22,23,26);1H. The molecule has 1 aromatic heterocycles. The molecule has 2 heterocycles. The van der Waals surface area contributed by atoms with Gasteiger partial charge in [-0.15, -0.1) is 23.7 Å². The highest BCUT2D eigenvalue weighted by molar-refractivity contribution is 7.14. The second kappa shape index (κ2) is 10.5. The van der Waals surface area contributed by atoms with Gasteiger partial charge >= 0.3 is 0 Å². The summed E-state index contributed by atoms with van der Waals surface area (Å²) in [6.07, 6.45) is 1.76. The van der Waals surface area contributed by atoms with Crippen LogP contribution in [0.2, 0.25) is 0 Å². The molecule has 0 bridgehead atoms. The van der Waals surface area contributed by atoms with Gasteiger partial charge in [-0.3, -0.25) is 9.59 Å². The lowest BCUT2D eigenvalue weighted by Gasteiger charge is -2.08. The van der Waals surface area contributed by atoms with E-state index in [1.54, 1.807) is 0 Å². The predicted octanol–water partition coefficient (Wildman–Crippen LogP) is 1.96. The summed E-state index contributed by atoms with van der Waals surface area (Å²) in [6.45, 7) is 2.64. The molecule has 152 valence electrons. The summed E-state index contributed by atoms with van der Waals surface area (Å²) in [6, 6.07) is 7.78. The first-order valence-electron chi connectivity index (χ1n) is 9.03. The molecule has 9 heteroatoms. The molecule has 0 radical (unpaired) electrons. The molecular weight excluding hydrogens is 400 g/mol. The summed E-state index contributed by atoms with van der Waals surface area (Å²) >= 11 is 1.38. The van der Waals surface area contributed by atoms with Crippen LogP contribution in [-0.4, -0.2) is 47.1 Å². The van der Waals surface area contributed by atoms with Crippen molar-refractivity contribution < 1.29 is 14.7 Å². The van der Waals surface area contributed by atoms with Crippen LogP contribution in [0.4, 0.5) is 5.13 Å². The van der Waals surface area contributed by atoms with Crippen LogP contribution in [0.5, 0.6) is 0 Å². The SMILES string of the molecule is CC(=O)NCCCc1ccc(-c2csc(NC(=O)C3CC(O)CN3)n2)cc1.Cl. The van der Waals surface area contributed by atoms with E-state index in [2.05, 4.69) is 33.1 Å². The van der Waals surface area contributed by atoms with Crippen LogP contribution in [0.3, 0.4) is 0 Å². The molecule has 0 saturated carbocycles. The molecule has 4 N–H and O–H groups in total. The third kappa shape index (κ3) is 6.27. The zero-order valence-electron chi connectivity index (χ0n) is 15.6. The number of aromatic nitrogens is 1. The van der Waals surface area contributed by atoms with E-state index in [4.69, 9.17) is 0 Å². The summed E-state index contributed by atoms with van der Waals surface area (Å²) < 4.78 is 0. The fourth-order valence-electron chi connectivity index (χ4n) is 2.97. The molecule has 28 heavy (non-hydrogen) atoms. The van der Waals surface area contributed by atoms with Crippen molar-refractivity contribution in [3.05, 3.63) is 35.2 Å². The minimum absolute atomic E-state index is 0. The van der Waals surface area contributed by atoms with E-state index in [1.165, 1.54) is 23.8 Å². The zero-order valence-corrected chi connectivity index (χ0v) is 17.2. The fraction of sp³-hybridized carbons (Fsp3) is 0.421. The van der Waals surface area contributed by atoms with Crippen LogP contribution >= 0.6 is 23.7 Å². The first-order valence-corrected chi connectivity index (χ1v) is 9.91. The number of halogens is 1. The van der Waals surface area contributed by atoms with Crippen LogP contribution in [0, 0.1) is 0 Å². The number of carbonyl (C=O) groups is 2. The van der Waals surface area contributed by atoms with Crippen molar-refractivity contribution in [2.24, 2.45) is 0 Å². The largest absolute Gasteiger partial charge is 0.392 e. The Hall–Kier alpha value is -2.00. The van der Waals surface area contributed by atoms with Gasteiger partial charge in [-0.2, -0.15) is 0 Å². The fourth-order valence-corrected chi connectivity index (χ4v) is 3.69. The topological polar surface area (TPSA) is 103 Å². The Morgan fingerprint density at radius 3 is 2.71 bits per heavy atom. The van der Waals surface area contributed by atoms with Crippen molar-refractivity contribution in [1.29, 1.82) is 0 Å². The molecule has 0 aliphatic carbocycles. The summed E-state index contributed by atoms with van der Waals surface area (Å²) in [5, 5.41) is 20.6. The molecule has 2 atom stereocenters. The minimum Gasteiger partial charge on any atom is -0.392 e. The maximum absolute atomic E-state index is 12.2. The smallest absolute Gasteiger partial charge is 0.243 e. The lowest BCUT2D eigenvalue weighted by molar-refractivity contribution is -0.119. The number of nitrogens with zero attached hydrogens (tertiary/aromatic N) is 1. The average molecular weight is 425 g/mol. The lowest BCUT2D eigenvalue weighted by Crippen LogP contribution is -2.35. The minimum atomic E-state index is -0.468. The number of β-amino-alcohol motifs (C(OH)–C–C–N with tert-alkyl or cyclic N) is 1. The summed E-state index contributed by atoms with van der Waals surface area (Å²) in [7, 11) is 0. The predicted molar refractivity (Wildman–Crippen MR) is 113 cm³/mol. The molecule has 7 nitrogen and oxygen atoms in total. The Labute approximate surface area is 174 Å². The normalized spacial score (nSPS) is 18.4. The highest BCUT2D eigenvalue weighted by Gasteiger charge is 2.28. The van der Waals surface area contributed by atoms with Gasteiger partial charge in [-0.1, -0.05) is 24.3 Å². The average Bonchev–Trinajstić information content (AvgIpc) is 3.28. The van der Waals surface area contributed by atoms with Crippen molar-refractivity contribution in [2.45, 2.75) is 38.3 Å². The van der Waals surface area contributed by atoms with Crippen molar-refractivity contribution in [3.8, 4) is 11.3 Å². The molecule has 2 unspecified atom stereocenters. The molecule has 1 saturated heterocycles. The Kier molecular flexibility index (Phi) is 8.37. The third-order valence-corrected chi connectivity index (χ3v) is 5.18. The number of aliphatic hydroxyl groups excluding tert-OH is 1. The molecule has 2 aromatic rings. The highest BCUT2D eigenvalue weighted by atomic mass is 35.5. The molecule has 1 fully saturated rings. The van der Waals surface area contributed by atoms with Gasteiger partial charge in [0.1, 0.15) is 0 Å². The quantitative estimate of drug-likeness (QED) is 0.509. The molecule has 2 amide bonds. The number of carbonyl (C=O) groups excluding carboxylic acids is 2. The second-order valence-corrected chi connectivity index (χ2v) is 7.52. The van der Waals surface area contributed by atoms with Gasteiger partial charge in [-0.25, -0.2) is 4.98 Å². The van der Waals surface area contributed by atoms with Gasteiger partial charge in [0.15, 0.2) is 5.13 Å². The summed E-state index contributed by atoms with van der Waals surface area (Å²) in [5.74, 6) is -0.168. The number of aliphatic hydroxyl groups is 1. The number of nitrogens with one attached hydrogen (secondary N) is 3. The van der Waals surface area contributed by atoms with Gasteiger partial charge in [-0.05, 0) is 24.8 Å². The van der Waals surface area contributed by atoms with Crippen LogP contribution in [0.25, 0.3) is 11.3 Å².